The summed E-state index contributed by atoms with van der Waals surface area (Å²) in [5.74, 6) is -0.949. The second kappa shape index (κ2) is 5.17. The quantitative estimate of drug-likeness (QED) is 0.334. The number of hydrogen-bond acceptors (Lipinski definition) is 3. The van der Waals surface area contributed by atoms with Crippen LogP contribution < -0.4 is 0 Å². The van der Waals surface area contributed by atoms with E-state index in [0.717, 1.165) is 5.57 Å². The first-order valence-corrected chi connectivity index (χ1v) is 5.58. The van der Waals surface area contributed by atoms with Gasteiger partial charge in [-0.2, -0.15) is 0 Å². The van der Waals surface area contributed by atoms with Gasteiger partial charge in [0.25, 0.3) is 0 Å². The van der Waals surface area contributed by atoms with E-state index in [4.69, 9.17) is 9.94 Å². The van der Waals surface area contributed by atoms with Gasteiger partial charge >= 0.3 is 5.97 Å². The Morgan fingerprint density at radius 2 is 2.24 bits per heavy atom. The summed E-state index contributed by atoms with van der Waals surface area (Å²) in [6.45, 7) is 9.69. The molecule has 0 radical (unpaired) electrons. The first-order valence-electron chi connectivity index (χ1n) is 5.58. The van der Waals surface area contributed by atoms with E-state index in [2.05, 4.69) is 11.7 Å². The van der Waals surface area contributed by atoms with Gasteiger partial charge in [-0.25, -0.2) is 0 Å². The molecule has 1 N–H and O–H groups in total. The van der Waals surface area contributed by atoms with E-state index in [0.29, 0.717) is 6.61 Å². The fraction of sp³-hybridized carbons (Fsp3) is 0.538. The highest BCUT2D eigenvalue weighted by Gasteiger charge is 2.60. The van der Waals surface area contributed by atoms with Crippen LogP contribution in [0.3, 0.4) is 0 Å². The van der Waals surface area contributed by atoms with Gasteiger partial charge < -0.3 is 9.94 Å². The molecule has 4 heteroatoms. The van der Waals surface area contributed by atoms with Gasteiger partial charge in [0.05, 0.1) is 12.1 Å². The van der Waals surface area contributed by atoms with E-state index in [9.17, 15) is 4.79 Å². The maximum absolute atomic E-state index is 11.0. The van der Waals surface area contributed by atoms with Crippen LogP contribution in [0, 0.1) is 17.3 Å². The van der Waals surface area contributed by atoms with Crippen molar-refractivity contribution in [2.45, 2.75) is 20.8 Å². The molecule has 1 saturated carbocycles. The van der Waals surface area contributed by atoms with Gasteiger partial charge in [0.15, 0.2) is 0 Å². The Bertz CT molecular complexity index is 369. The molecule has 0 saturated heterocycles. The topological polar surface area (TPSA) is 58.9 Å². The SMILES string of the molecule is C=CCON=CC(C)=CC1[C@@H](C(=O)O)C1(C)C. The van der Waals surface area contributed by atoms with Crippen molar-refractivity contribution in [3.05, 3.63) is 24.3 Å². The molecule has 0 aromatic heterocycles. The molecule has 0 aromatic carbocycles. The maximum Gasteiger partial charge on any atom is 0.307 e. The van der Waals surface area contributed by atoms with Gasteiger partial charge in [0.1, 0.15) is 6.61 Å². The summed E-state index contributed by atoms with van der Waals surface area (Å²) in [7, 11) is 0. The molecule has 1 rings (SSSR count). The number of oxime groups is 1. The molecule has 1 fully saturated rings. The Hall–Kier alpha value is -1.58. The Labute approximate surface area is 102 Å². The zero-order valence-electron chi connectivity index (χ0n) is 10.5. The van der Waals surface area contributed by atoms with Crippen molar-refractivity contribution < 1.29 is 14.7 Å². The van der Waals surface area contributed by atoms with Crippen LogP contribution in [-0.4, -0.2) is 23.9 Å². The number of rotatable bonds is 6. The van der Waals surface area contributed by atoms with Gasteiger partial charge in [-0.15, -0.1) is 0 Å². The molecule has 2 atom stereocenters. The standard InChI is InChI=1S/C13H19NO3/c1-5-6-17-14-8-9(2)7-10-11(12(15)16)13(10,3)4/h5,7-8,10-11H,1,6H2,2-4H3,(H,15,16)/t10?,11-/m0/s1. The lowest BCUT2D eigenvalue weighted by atomic mass is 10.1. The first kappa shape index (κ1) is 13.5. The third-order valence-electron chi connectivity index (χ3n) is 3.14. The van der Waals surface area contributed by atoms with Crippen LogP contribution in [0.25, 0.3) is 0 Å². The first-order chi connectivity index (χ1) is 7.91. The zero-order valence-corrected chi connectivity index (χ0v) is 10.5. The van der Waals surface area contributed by atoms with Crippen molar-refractivity contribution in [3.63, 3.8) is 0 Å². The molecule has 0 heterocycles. The predicted octanol–water partition coefficient (Wildman–Crippen LogP) is 2.48. The molecule has 0 spiro atoms. The Morgan fingerprint density at radius 1 is 1.59 bits per heavy atom. The molecule has 4 nitrogen and oxygen atoms in total. The largest absolute Gasteiger partial charge is 0.481 e. The third kappa shape index (κ3) is 3.19. The minimum Gasteiger partial charge on any atom is -0.481 e. The zero-order chi connectivity index (χ0) is 13.1. The van der Waals surface area contributed by atoms with Gasteiger partial charge in [0.2, 0.25) is 0 Å². The van der Waals surface area contributed by atoms with Crippen molar-refractivity contribution in [1.82, 2.24) is 0 Å². The molecule has 94 valence electrons. The van der Waals surface area contributed by atoms with E-state index in [-0.39, 0.29) is 17.3 Å². The Morgan fingerprint density at radius 3 is 2.71 bits per heavy atom. The van der Waals surface area contributed by atoms with Crippen LogP contribution >= 0.6 is 0 Å². The summed E-state index contributed by atoms with van der Waals surface area (Å²) in [6, 6.07) is 0. The number of allylic oxidation sites excluding steroid dienone is 2. The number of carboxylic acid groups (broad SMARTS) is 1. The minimum absolute atomic E-state index is 0.0749. The molecule has 0 aromatic rings. The molecule has 0 aliphatic heterocycles. The minimum atomic E-state index is -0.733. The van der Waals surface area contributed by atoms with Crippen LogP contribution in [0.15, 0.2) is 29.5 Å². The highest BCUT2D eigenvalue weighted by Crippen LogP contribution is 2.59. The smallest absolute Gasteiger partial charge is 0.307 e. The molecule has 0 amide bonds. The highest BCUT2D eigenvalue weighted by molar-refractivity contribution is 5.80. The van der Waals surface area contributed by atoms with Crippen LogP contribution in [0.2, 0.25) is 0 Å². The highest BCUT2D eigenvalue weighted by atomic mass is 16.6. The van der Waals surface area contributed by atoms with E-state index in [1.807, 2.05) is 26.8 Å². The summed E-state index contributed by atoms with van der Waals surface area (Å²) < 4.78 is 0. The fourth-order valence-corrected chi connectivity index (χ4v) is 2.00. The lowest BCUT2D eigenvalue weighted by molar-refractivity contribution is -0.139. The summed E-state index contributed by atoms with van der Waals surface area (Å²) in [4.78, 5) is 15.8. The van der Waals surface area contributed by atoms with Crippen LogP contribution in [0.5, 0.6) is 0 Å². The number of carbonyl (C=O) groups is 1. The molecule has 0 bridgehead atoms. The molecular formula is C13H19NO3. The summed E-state index contributed by atoms with van der Waals surface area (Å²) in [5, 5.41) is 12.8. The van der Waals surface area contributed by atoms with E-state index in [1.54, 1.807) is 12.3 Å². The van der Waals surface area contributed by atoms with Crippen molar-refractivity contribution in [3.8, 4) is 0 Å². The Kier molecular flexibility index (Phi) is 4.10. The lowest BCUT2D eigenvalue weighted by Gasteiger charge is -1.97. The van der Waals surface area contributed by atoms with E-state index in [1.165, 1.54) is 0 Å². The Balaban J connectivity index is 2.56. The van der Waals surface area contributed by atoms with Gasteiger partial charge in [-0.1, -0.05) is 37.7 Å². The third-order valence-corrected chi connectivity index (χ3v) is 3.14. The van der Waals surface area contributed by atoms with Gasteiger partial charge in [-0.05, 0) is 23.8 Å². The summed E-state index contributed by atoms with van der Waals surface area (Å²) in [6.07, 6.45) is 5.15. The van der Waals surface area contributed by atoms with E-state index < -0.39 is 5.97 Å². The van der Waals surface area contributed by atoms with E-state index >= 15 is 0 Å². The average Bonchev–Trinajstić information content (AvgIpc) is 2.75. The van der Waals surface area contributed by atoms with Gasteiger partial charge in [0, 0.05) is 0 Å². The molecule has 1 aliphatic carbocycles. The average molecular weight is 237 g/mol. The normalized spacial score (nSPS) is 26.9. The summed E-state index contributed by atoms with van der Waals surface area (Å²) >= 11 is 0. The van der Waals surface area contributed by atoms with Crippen LogP contribution in [0.4, 0.5) is 0 Å². The predicted molar refractivity (Wildman–Crippen MR) is 66.8 cm³/mol. The number of carboxylic acids is 1. The van der Waals surface area contributed by atoms with Gasteiger partial charge in [-0.3, -0.25) is 4.79 Å². The van der Waals surface area contributed by atoms with Crippen molar-refractivity contribution in [2.75, 3.05) is 6.61 Å². The second-order valence-corrected chi connectivity index (χ2v) is 4.89. The van der Waals surface area contributed by atoms with Crippen LogP contribution in [-0.2, 0) is 9.63 Å². The number of nitrogens with zero attached hydrogens (tertiary/aromatic N) is 1. The lowest BCUT2D eigenvalue weighted by Crippen LogP contribution is -2.03. The molecule has 1 unspecified atom stereocenters. The molecular weight excluding hydrogens is 218 g/mol. The number of hydrogen-bond donors (Lipinski definition) is 1. The molecule has 17 heavy (non-hydrogen) atoms. The maximum atomic E-state index is 11.0. The summed E-state index contributed by atoms with van der Waals surface area (Å²) in [5.41, 5.74) is 0.749. The monoisotopic (exact) mass is 237 g/mol. The number of aliphatic carboxylic acids is 1. The van der Waals surface area contributed by atoms with Crippen molar-refractivity contribution in [2.24, 2.45) is 22.4 Å². The molecule has 1 aliphatic rings. The van der Waals surface area contributed by atoms with Crippen LogP contribution in [0.1, 0.15) is 20.8 Å². The van der Waals surface area contributed by atoms with Crippen molar-refractivity contribution >= 4 is 12.2 Å². The fourth-order valence-electron chi connectivity index (χ4n) is 2.00. The van der Waals surface area contributed by atoms with Crippen molar-refractivity contribution in [1.29, 1.82) is 0 Å². The second-order valence-electron chi connectivity index (χ2n) is 4.89.